The van der Waals surface area contributed by atoms with E-state index in [2.05, 4.69) is 11.4 Å². The molecule has 1 N–H and O–H groups in total. The van der Waals surface area contributed by atoms with Crippen molar-refractivity contribution in [1.29, 1.82) is 0 Å². The molecular weight excluding hydrogens is 254 g/mol. The van der Waals surface area contributed by atoms with Gasteiger partial charge in [-0.15, -0.1) is 11.3 Å². The van der Waals surface area contributed by atoms with Gasteiger partial charge in [0.15, 0.2) is 0 Å². The van der Waals surface area contributed by atoms with E-state index in [4.69, 9.17) is 16.3 Å². The van der Waals surface area contributed by atoms with Crippen molar-refractivity contribution in [3.05, 3.63) is 21.3 Å². The molecule has 1 aliphatic rings. The van der Waals surface area contributed by atoms with Crippen molar-refractivity contribution < 1.29 is 4.74 Å². The average molecular weight is 274 g/mol. The van der Waals surface area contributed by atoms with E-state index < -0.39 is 0 Å². The number of ether oxygens (including phenoxy) is 1. The Labute approximate surface area is 112 Å². The predicted molar refractivity (Wildman–Crippen MR) is 74.1 cm³/mol. The van der Waals surface area contributed by atoms with E-state index in [1.807, 2.05) is 13.1 Å². The highest BCUT2D eigenvalue weighted by Gasteiger charge is 2.17. The van der Waals surface area contributed by atoms with Crippen molar-refractivity contribution in [3.63, 3.8) is 0 Å². The van der Waals surface area contributed by atoms with Gasteiger partial charge in [0, 0.05) is 17.5 Å². The van der Waals surface area contributed by atoms with Gasteiger partial charge in [-0.25, -0.2) is 0 Å². The van der Waals surface area contributed by atoms with Crippen LogP contribution in [0.4, 0.5) is 0 Å². The highest BCUT2D eigenvalue weighted by molar-refractivity contribution is 7.16. The standard InChI is InChI=1S/C13H20ClNOS/c1-15-10(4-5-11-3-2-8-16-11)9-12-6-7-13(14)17-12/h6-7,10-11,15H,2-5,8-9H2,1H3. The molecule has 1 aliphatic heterocycles. The third kappa shape index (κ3) is 4.25. The summed E-state index contributed by atoms with van der Waals surface area (Å²) in [6.45, 7) is 0.954. The summed E-state index contributed by atoms with van der Waals surface area (Å²) in [6.07, 6.45) is 6.39. The first-order valence-corrected chi connectivity index (χ1v) is 7.50. The van der Waals surface area contributed by atoms with E-state index in [0.29, 0.717) is 12.1 Å². The summed E-state index contributed by atoms with van der Waals surface area (Å²) < 4.78 is 6.54. The first-order chi connectivity index (χ1) is 8.28. The quantitative estimate of drug-likeness (QED) is 0.857. The lowest BCUT2D eigenvalue weighted by atomic mass is 10.0. The molecule has 0 aliphatic carbocycles. The zero-order valence-electron chi connectivity index (χ0n) is 10.2. The van der Waals surface area contributed by atoms with E-state index >= 15 is 0 Å². The van der Waals surface area contributed by atoms with Gasteiger partial charge < -0.3 is 10.1 Å². The molecule has 1 aromatic rings. The summed E-state index contributed by atoms with van der Waals surface area (Å²) in [5, 5.41) is 3.39. The van der Waals surface area contributed by atoms with Crippen molar-refractivity contribution in [2.75, 3.05) is 13.7 Å². The van der Waals surface area contributed by atoms with Crippen LogP contribution in [-0.4, -0.2) is 25.8 Å². The lowest BCUT2D eigenvalue weighted by molar-refractivity contribution is 0.0998. The fourth-order valence-corrected chi connectivity index (χ4v) is 3.48. The second-order valence-corrected chi connectivity index (χ2v) is 6.41. The van der Waals surface area contributed by atoms with Crippen LogP contribution < -0.4 is 5.32 Å². The Kier molecular flexibility index (Phi) is 5.29. The fraction of sp³-hybridized carbons (Fsp3) is 0.692. The van der Waals surface area contributed by atoms with Crippen LogP contribution in [-0.2, 0) is 11.2 Å². The topological polar surface area (TPSA) is 21.3 Å². The number of nitrogens with one attached hydrogen (secondary N) is 1. The molecule has 0 spiro atoms. The van der Waals surface area contributed by atoms with Crippen LogP contribution in [0, 0.1) is 0 Å². The molecule has 17 heavy (non-hydrogen) atoms. The van der Waals surface area contributed by atoms with Gasteiger partial charge in [0.05, 0.1) is 10.4 Å². The minimum Gasteiger partial charge on any atom is -0.378 e. The number of likely N-dealkylation sites (N-methyl/N-ethyl adjacent to an activating group) is 1. The Morgan fingerprint density at radius 3 is 3.06 bits per heavy atom. The maximum Gasteiger partial charge on any atom is 0.0931 e. The number of hydrogen-bond donors (Lipinski definition) is 1. The molecule has 1 saturated heterocycles. The maximum absolute atomic E-state index is 5.95. The van der Waals surface area contributed by atoms with Crippen LogP contribution in [0.2, 0.25) is 4.34 Å². The summed E-state index contributed by atoms with van der Waals surface area (Å²) >= 11 is 7.63. The van der Waals surface area contributed by atoms with Crippen LogP contribution in [0.1, 0.15) is 30.6 Å². The van der Waals surface area contributed by atoms with Gasteiger partial charge in [-0.2, -0.15) is 0 Å². The minimum atomic E-state index is 0.498. The molecule has 2 rings (SSSR count). The van der Waals surface area contributed by atoms with E-state index in [9.17, 15) is 0 Å². The van der Waals surface area contributed by atoms with Crippen LogP contribution in [0.25, 0.3) is 0 Å². The molecule has 0 saturated carbocycles. The van der Waals surface area contributed by atoms with E-state index in [0.717, 1.165) is 17.4 Å². The molecule has 96 valence electrons. The van der Waals surface area contributed by atoms with Crippen LogP contribution in [0.3, 0.4) is 0 Å². The molecule has 2 heterocycles. The Balaban J connectivity index is 1.75. The van der Waals surface area contributed by atoms with Gasteiger partial charge in [-0.05, 0) is 51.3 Å². The van der Waals surface area contributed by atoms with Crippen LogP contribution >= 0.6 is 22.9 Å². The molecule has 2 atom stereocenters. The van der Waals surface area contributed by atoms with Crippen molar-refractivity contribution in [2.45, 2.75) is 44.2 Å². The van der Waals surface area contributed by atoms with Crippen molar-refractivity contribution in [1.82, 2.24) is 5.32 Å². The van der Waals surface area contributed by atoms with Gasteiger partial charge in [-0.1, -0.05) is 11.6 Å². The summed E-state index contributed by atoms with van der Waals surface area (Å²) in [5.41, 5.74) is 0. The minimum absolute atomic E-state index is 0.498. The first kappa shape index (κ1) is 13.3. The number of halogens is 1. The van der Waals surface area contributed by atoms with Crippen molar-refractivity contribution in [3.8, 4) is 0 Å². The largest absolute Gasteiger partial charge is 0.378 e. The third-order valence-electron chi connectivity index (χ3n) is 3.35. The lowest BCUT2D eigenvalue weighted by Gasteiger charge is -2.17. The highest BCUT2D eigenvalue weighted by atomic mass is 35.5. The monoisotopic (exact) mass is 273 g/mol. The molecule has 0 bridgehead atoms. The third-order valence-corrected chi connectivity index (χ3v) is 4.60. The molecule has 0 aromatic carbocycles. The maximum atomic E-state index is 5.95. The van der Waals surface area contributed by atoms with Gasteiger partial charge in [0.1, 0.15) is 0 Å². The van der Waals surface area contributed by atoms with Gasteiger partial charge >= 0.3 is 0 Å². The zero-order chi connectivity index (χ0) is 12.1. The molecule has 0 radical (unpaired) electrons. The molecule has 4 heteroatoms. The van der Waals surface area contributed by atoms with Gasteiger partial charge in [0.2, 0.25) is 0 Å². The van der Waals surface area contributed by atoms with Crippen LogP contribution in [0.5, 0.6) is 0 Å². The van der Waals surface area contributed by atoms with Gasteiger partial charge in [-0.3, -0.25) is 0 Å². The van der Waals surface area contributed by atoms with E-state index in [-0.39, 0.29) is 0 Å². The normalized spacial score (nSPS) is 21.9. The van der Waals surface area contributed by atoms with Crippen molar-refractivity contribution in [2.24, 2.45) is 0 Å². The zero-order valence-corrected chi connectivity index (χ0v) is 11.8. The number of thiophene rings is 1. The van der Waals surface area contributed by atoms with Crippen molar-refractivity contribution >= 4 is 22.9 Å². The molecule has 2 unspecified atom stereocenters. The molecule has 1 aromatic heterocycles. The Morgan fingerprint density at radius 1 is 1.59 bits per heavy atom. The lowest BCUT2D eigenvalue weighted by Crippen LogP contribution is -2.28. The predicted octanol–water partition coefficient (Wildman–Crippen LogP) is 3.49. The van der Waals surface area contributed by atoms with Gasteiger partial charge in [0.25, 0.3) is 0 Å². The average Bonchev–Trinajstić information content (AvgIpc) is 2.96. The summed E-state index contributed by atoms with van der Waals surface area (Å²) in [5.74, 6) is 0. The molecular formula is C13H20ClNOS. The summed E-state index contributed by atoms with van der Waals surface area (Å²) in [7, 11) is 2.04. The Bertz CT molecular complexity index is 336. The fourth-order valence-electron chi connectivity index (χ4n) is 2.31. The number of rotatable bonds is 6. The molecule has 1 fully saturated rings. The smallest absolute Gasteiger partial charge is 0.0931 e. The Hall–Kier alpha value is -0.0900. The van der Waals surface area contributed by atoms with E-state index in [1.54, 1.807) is 11.3 Å². The summed E-state index contributed by atoms with van der Waals surface area (Å²) in [4.78, 5) is 1.36. The highest BCUT2D eigenvalue weighted by Crippen LogP contribution is 2.24. The second-order valence-electron chi connectivity index (χ2n) is 4.61. The van der Waals surface area contributed by atoms with E-state index in [1.165, 1.54) is 30.6 Å². The Morgan fingerprint density at radius 2 is 2.47 bits per heavy atom. The molecule has 0 amide bonds. The SMILES string of the molecule is CNC(CCC1CCCO1)Cc1ccc(Cl)s1. The summed E-state index contributed by atoms with van der Waals surface area (Å²) in [6, 6.07) is 4.64. The molecule has 2 nitrogen and oxygen atoms in total. The van der Waals surface area contributed by atoms with Crippen LogP contribution in [0.15, 0.2) is 12.1 Å². The second kappa shape index (κ2) is 6.74. The first-order valence-electron chi connectivity index (χ1n) is 6.31. The number of hydrogen-bond acceptors (Lipinski definition) is 3.